The molecule has 12 nitrogen and oxygen atoms in total. The number of aromatic nitrogens is 4. The number of hydrogen-bond donors (Lipinski definition) is 2. The molecule has 1 spiro atoms. The van der Waals surface area contributed by atoms with Gasteiger partial charge in [0.15, 0.2) is 28.7 Å². The lowest BCUT2D eigenvalue weighted by Gasteiger charge is -2.36. The number of carbonyl (C=O) groups is 3. The van der Waals surface area contributed by atoms with E-state index in [1.54, 1.807) is 0 Å². The molecule has 1 amide bonds. The zero-order valence-corrected chi connectivity index (χ0v) is 23.3. The first-order valence-electron chi connectivity index (χ1n) is 14.1. The lowest BCUT2D eigenvalue weighted by molar-refractivity contribution is -0.162. The third kappa shape index (κ3) is 5.27. The molecule has 2 N–H and O–H groups in total. The van der Waals surface area contributed by atoms with Gasteiger partial charge in [-0.1, -0.05) is 18.8 Å². The summed E-state index contributed by atoms with van der Waals surface area (Å²) in [5.74, 6) is 1.05. The van der Waals surface area contributed by atoms with Crippen molar-refractivity contribution in [3.63, 3.8) is 0 Å². The summed E-state index contributed by atoms with van der Waals surface area (Å²) in [5.41, 5.74) is -0.708. The number of amides is 1. The minimum absolute atomic E-state index is 0.0363. The number of aliphatic hydroxyl groups is 1. The van der Waals surface area contributed by atoms with Crippen molar-refractivity contribution in [2.75, 3.05) is 11.9 Å². The Morgan fingerprint density at radius 2 is 1.98 bits per heavy atom. The van der Waals surface area contributed by atoms with Crippen LogP contribution in [-0.4, -0.2) is 66.9 Å². The Kier molecular flexibility index (Phi) is 7.38. The van der Waals surface area contributed by atoms with Crippen LogP contribution in [0.4, 0.5) is 5.82 Å². The Morgan fingerprint density at radius 1 is 1.22 bits per heavy atom. The first-order chi connectivity index (χ1) is 19.7. The second-order valence-electron chi connectivity index (χ2n) is 11.6. The molecule has 4 atom stereocenters. The van der Waals surface area contributed by atoms with Gasteiger partial charge < -0.3 is 24.6 Å². The van der Waals surface area contributed by atoms with Crippen LogP contribution in [0.25, 0.3) is 11.2 Å². The van der Waals surface area contributed by atoms with Crippen molar-refractivity contribution >= 4 is 46.4 Å². The summed E-state index contributed by atoms with van der Waals surface area (Å²) in [6.45, 7) is -0.286. The third-order valence-corrected chi connectivity index (χ3v) is 9.32. The largest absolute Gasteiger partial charge is 0.461 e. The van der Waals surface area contributed by atoms with E-state index in [-0.39, 0.29) is 60.0 Å². The molecule has 41 heavy (non-hydrogen) atoms. The Hall–Kier alpha value is -3.27. The predicted molar refractivity (Wildman–Crippen MR) is 144 cm³/mol. The van der Waals surface area contributed by atoms with Gasteiger partial charge in [0.05, 0.1) is 12.2 Å². The molecular formula is C28H32ClN5O7. The highest BCUT2D eigenvalue weighted by Gasteiger charge is 2.50. The summed E-state index contributed by atoms with van der Waals surface area (Å²) in [5, 5.41) is 13.4. The number of imidazole rings is 1. The van der Waals surface area contributed by atoms with Gasteiger partial charge in [-0.15, -0.1) is 6.42 Å². The number of fused-ring (bicyclic) bond motifs is 1. The lowest BCUT2D eigenvalue weighted by Crippen LogP contribution is -2.44. The number of hydrogen-bond acceptors (Lipinski definition) is 10. The van der Waals surface area contributed by atoms with E-state index in [9.17, 15) is 19.5 Å². The van der Waals surface area contributed by atoms with Gasteiger partial charge in [-0.25, -0.2) is 4.98 Å². The summed E-state index contributed by atoms with van der Waals surface area (Å²) in [6, 6.07) is 0. The number of rotatable bonds is 6. The highest BCUT2D eigenvalue weighted by molar-refractivity contribution is 6.28. The van der Waals surface area contributed by atoms with Gasteiger partial charge in [0.1, 0.15) is 18.9 Å². The minimum Gasteiger partial charge on any atom is -0.461 e. The number of carbonyl (C=O) groups excluding carboxylic acids is 3. The maximum absolute atomic E-state index is 12.9. The summed E-state index contributed by atoms with van der Waals surface area (Å²) in [6.07, 6.45) is 13.6. The molecule has 4 heterocycles. The van der Waals surface area contributed by atoms with Crippen LogP contribution < -0.4 is 5.32 Å². The molecule has 2 saturated heterocycles. The van der Waals surface area contributed by atoms with Crippen LogP contribution in [0, 0.1) is 23.7 Å². The highest BCUT2D eigenvalue weighted by Crippen LogP contribution is 2.50. The molecule has 218 valence electrons. The molecule has 2 aromatic heterocycles. The van der Waals surface area contributed by atoms with Crippen LogP contribution in [0.3, 0.4) is 0 Å². The second kappa shape index (κ2) is 10.9. The summed E-state index contributed by atoms with van der Waals surface area (Å²) >= 11 is 6.16. The van der Waals surface area contributed by atoms with Crippen molar-refractivity contribution in [1.29, 1.82) is 0 Å². The molecule has 2 aromatic rings. The van der Waals surface area contributed by atoms with Crippen LogP contribution in [-0.2, 0) is 28.6 Å². The van der Waals surface area contributed by atoms with Crippen LogP contribution >= 0.6 is 11.6 Å². The molecule has 0 bridgehead atoms. The van der Waals surface area contributed by atoms with Crippen LogP contribution in [0.1, 0.15) is 76.9 Å². The van der Waals surface area contributed by atoms with Gasteiger partial charge in [-0.3, -0.25) is 19.0 Å². The molecule has 6 rings (SSSR count). The van der Waals surface area contributed by atoms with E-state index < -0.39 is 35.9 Å². The maximum Gasteiger partial charge on any atom is 0.309 e. The Balaban J connectivity index is 1.14. The number of esters is 2. The average Bonchev–Trinajstić information content (AvgIpc) is 3.75. The molecule has 4 aliphatic rings. The van der Waals surface area contributed by atoms with Gasteiger partial charge in [-0.05, 0) is 55.5 Å². The van der Waals surface area contributed by atoms with Gasteiger partial charge in [0, 0.05) is 19.3 Å². The summed E-state index contributed by atoms with van der Waals surface area (Å²) in [7, 11) is 0. The van der Waals surface area contributed by atoms with Crippen LogP contribution in [0.2, 0.25) is 5.28 Å². The van der Waals surface area contributed by atoms with E-state index in [0.29, 0.717) is 5.41 Å². The standard InChI is InChI=1S/C28H32ClN5O7/c1-2-28(14-39-25(38)16-7-11-27(12-8-16)9-3-4-10-27)18(35)13-19(41-28)34-15-30-21-22(32-26(29)33-23(21)34)31-24(37)17-5-6-20(36)40-17/h1,15-19,35H,3-14H2,(H,31,32,33,37)/t17-,18+,19-,28-/m1/s1. The number of anilines is 1. The van der Waals surface area contributed by atoms with E-state index in [4.69, 9.17) is 32.2 Å². The predicted octanol–water partition coefficient (Wildman–Crippen LogP) is 3.07. The summed E-state index contributed by atoms with van der Waals surface area (Å²) in [4.78, 5) is 49.6. The lowest BCUT2D eigenvalue weighted by atomic mass is 9.69. The first-order valence-corrected chi connectivity index (χ1v) is 14.5. The van der Waals surface area contributed by atoms with E-state index >= 15 is 0 Å². The van der Waals surface area contributed by atoms with E-state index in [1.165, 1.54) is 36.6 Å². The Morgan fingerprint density at radius 3 is 2.66 bits per heavy atom. The summed E-state index contributed by atoms with van der Waals surface area (Å²) < 4.78 is 18.3. The normalized spacial score (nSPS) is 29.5. The molecule has 2 aliphatic carbocycles. The second-order valence-corrected chi connectivity index (χ2v) is 12.0. The van der Waals surface area contributed by atoms with Crippen LogP contribution in [0.5, 0.6) is 0 Å². The molecular weight excluding hydrogens is 554 g/mol. The molecule has 2 aliphatic heterocycles. The van der Waals surface area contributed by atoms with E-state index in [2.05, 4.69) is 26.2 Å². The smallest absolute Gasteiger partial charge is 0.309 e. The fraction of sp³-hybridized carbons (Fsp3) is 0.643. The molecule has 0 unspecified atom stereocenters. The minimum atomic E-state index is -1.56. The zero-order chi connectivity index (χ0) is 28.8. The number of nitrogens with one attached hydrogen (secondary N) is 1. The van der Waals surface area contributed by atoms with Crippen LogP contribution in [0.15, 0.2) is 6.33 Å². The molecule has 4 fully saturated rings. The van der Waals surface area contributed by atoms with Crippen molar-refractivity contribution < 1.29 is 33.7 Å². The third-order valence-electron chi connectivity index (χ3n) is 9.15. The van der Waals surface area contributed by atoms with Gasteiger partial charge in [0.2, 0.25) is 5.28 Å². The van der Waals surface area contributed by atoms with Crippen molar-refractivity contribution in [3.8, 4) is 12.3 Å². The van der Waals surface area contributed by atoms with Crippen molar-refractivity contribution in [3.05, 3.63) is 11.6 Å². The Bertz CT molecular complexity index is 1410. The molecule has 0 aromatic carbocycles. The number of aliphatic hydroxyl groups excluding tert-OH is 1. The van der Waals surface area contributed by atoms with Gasteiger partial charge >= 0.3 is 11.9 Å². The number of terminal acetylenes is 1. The SMILES string of the molecule is C#C[C@]1(COC(=O)C2CCC3(CCCC3)CC2)O[C@@H](n2cnc3c(NC(=O)[C@H]4CCC(=O)O4)nc(Cl)nc32)C[C@@H]1O. The number of halogens is 1. The first kappa shape index (κ1) is 27.9. The average molecular weight is 586 g/mol. The zero-order valence-electron chi connectivity index (χ0n) is 22.5. The van der Waals surface area contributed by atoms with Crippen molar-refractivity contribution in [2.24, 2.45) is 11.3 Å². The monoisotopic (exact) mass is 585 g/mol. The van der Waals surface area contributed by atoms with E-state index in [0.717, 1.165) is 25.7 Å². The fourth-order valence-electron chi connectivity index (χ4n) is 6.71. The molecule has 13 heteroatoms. The van der Waals surface area contributed by atoms with Crippen molar-refractivity contribution in [1.82, 2.24) is 19.5 Å². The maximum atomic E-state index is 12.9. The van der Waals surface area contributed by atoms with Gasteiger partial charge in [0.25, 0.3) is 5.91 Å². The van der Waals surface area contributed by atoms with E-state index in [1.807, 2.05) is 0 Å². The van der Waals surface area contributed by atoms with Gasteiger partial charge in [-0.2, -0.15) is 9.97 Å². The highest BCUT2D eigenvalue weighted by atomic mass is 35.5. The fourth-order valence-corrected chi connectivity index (χ4v) is 6.87. The molecule has 0 radical (unpaired) electrons. The quantitative estimate of drug-likeness (QED) is 0.293. The number of ether oxygens (including phenoxy) is 3. The Labute approximate surface area is 241 Å². The number of cyclic esters (lactones) is 1. The molecule has 2 saturated carbocycles. The van der Waals surface area contributed by atoms with Crippen molar-refractivity contribution in [2.45, 2.75) is 94.7 Å². The number of nitrogens with zero attached hydrogens (tertiary/aromatic N) is 4. The topological polar surface area (TPSA) is 155 Å².